The lowest BCUT2D eigenvalue weighted by Gasteiger charge is -2.09. The topological polar surface area (TPSA) is 15.3 Å². The van der Waals surface area contributed by atoms with Crippen LogP contribution in [0, 0.1) is 5.82 Å². The van der Waals surface area contributed by atoms with E-state index in [1.54, 1.807) is 6.07 Å². The first-order chi connectivity index (χ1) is 8.09. The fourth-order valence-corrected chi connectivity index (χ4v) is 1.68. The van der Waals surface area contributed by atoms with Crippen molar-refractivity contribution in [1.29, 1.82) is 0 Å². The van der Waals surface area contributed by atoms with Gasteiger partial charge in [0.1, 0.15) is 5.82 Å². The zero-order chi connectivity index (χ0) is 12.7. The van der Waals surface area contributed by atoms with Crippen molar-refractivity contribution in [3.05, 3.63) is 34.6 Å². The Morgan fingerprint density at radius 1 is 1.29 bits per heavy atom. The van der Waals surface area contributed by atoms with E-state index in [-0.39, 0.29) is 10.8 Å². The first-order valence-electron chi connectivity index (χ1n) is 5.89. The van der Waals surface area contributed by atoms with Crippen molar-refractivity contribution < 1.29 is 4.39 Å². The van der Waals surface area contributed by atoms with Crippen LogP contribution in [-0.4, -0.2) is 32.1 Å². The van der Waals surface area contributed by atoms with E-state index in [9.17, 15) is 4.39 Å². The van der Waals surface area contributed by atoms with Gasteiger partial charge in [0, 0.05) is 6.54 Å². The van der Waals surface area contributed by atoms with Crippen molar-refractivity contribution in [3.8, 4) is 0 Å². The summed E-state index contributed by atoms with van der Waals surface area (Å²) in [5.74, 6) is -0.349. The molecule has 0 fully saturated rings. The molecule has 0 aliphatic carbocycles. The van der Waals surface area contributed by atoms with E-state index in [2.05, 4.69) is 24.3 Å². The van der Waals surface area contributed by atoms with Crippen LogP contribution in [0.2, 0.25) is 5.02 Å². The molecule has 0 aromatic heterocycles. The third-order valence-electron chi connectivity index (χ3n) is 2.52. The molecule has 0 atom stereocenters. The van der Waals surface area contributed by atoms with Crippen molar-refractivity contribution in [3.63, 3.8) is 0 Å². The number of nitrogens with zero attached hydrogens (tertiary/aromatic N) is 1. The molecule has 96 valence electrons. The molecule has 2 nitrogen and oxygen atoms in total. The van der Waals surface area contributed by atoms with Crippen LogP contribution in [0.3, 0.4) is 0 Å². The third kappa shape index (κ3) is 6.01. The lowest BCUT2D eigenvalue weighted by molar-refractivity contribution is 0.391. The molecular formula is C13H20ClFN2. The maximum absolute atomic E-state index is 13.1. The second-order valence-corrected chi connectivity index (χ2v) is 4.84. The summed E-state index contributed by atoms with van der Waals surface area (Å²) in [5.41, 5.74) is 0.930. The number of hydrogen-bond donors (Lipinski definition) is 1. The summed E-state index contributed by atoms with van der Waals surface area (Å²) in [6, 6.07) is 4.92. The van der Waals surface area contributed by atoms with Crippen molar-refractivity contribution in [1.82, 2.24) is 10.2 Å². The van der Waals surface area contributed by atoms with Crippen LogP contribution in [0.4, 0.5) is 4.39 Å². The Morgan fingerprint density at radius 3 is 2.71 bits per heavy atom. The monoisotopic (exact) mass is 258 g/mol. The van der Waals surface area contributed by atoms with E-state index < -0.39 is 0 Å². The highest BCUT2D eigenvalue weighted by Crippen LogP contribution is 2.15. The first-order valence-corrected chi connectivity index (χ1v) is 6.27. The van der Waals surface area contributed by atoms with Crippen molar-refractivity contribution >= 4 is 11.6 Å². The highest BCUT2D eigenvalue weighted by molar-refractivity contribution is 6.30. The summed E-state index contributed by atoms with van der Waals surface area (Å²) in [5, 5.41) is 3.47. The third-order valence-corrected chi connectivity index (χ3v) is 2.83. The molecule has 0 amide bonds. The van der Waals surface area contributed by atoms with Gasteiger partial charge < -0.3 is 10.2 Å². The lowest BCUT2D eigenvalue weighted by Crippen LogP contribution is -2.18. The molecule has 0 aliphatic rings. The Hall–Kier alpha value is -0.640. The smallest absolute Gasteiger partial charge is 0.142 e. The van der Waals surface area contributed by atoms with Gasteiger partial charge in [0.15, 0.2) is 0 Å². The molecule has 0 radical (unpaired) electrons. The van der Waals surface area contributed by atoms with Crippen LogP contribution in [0.1, 0.15) is 18.4 Å². The van der Waals surface area contributed by atoms with Crippen molar-refractivity contribution in [2.45, 2.75) is 19.4 Å². The number of nitrogens with one attached hydrogen (secondary N) is 1. The summed E-state index contributed by atoms with van der Waals surface area (Å²) in [7, 11) is 4.15. The average molecular weight is 259 g/mol. The molecule has 0 spiro atoms. The van der Waals surface area contributed by atoms with Crippen LogP contribution in [0.25, 0.3) is 0 Å². The highest BCUT2D eigenvalue weighted by atomic mass is 35.5. The molecule has 4 heteroatoms. The fraction of sp³-hybridized carbons (Fsp3) is 0.538. The SMILES string of the molecule is CN(C)CCCCNCc1ccc(Cl)c(F)c1. The molecule has 0 bridgehead atoms. The minimum Gasteiger partial charge on any atom is -0.313 e. The number of halogens is 2. The van der Waals surface area contributed by atoms with Crippen LogP contribution < -0.4 is 5.32 Å². The zero-order valence-corrected chi connectivity index (χ0v) is 11.2. The predicted molar refractivity (Wildman–Crippen MR) is 70.9 cm³/mol. The molecule has 0 unspecified atom stereocenters. The number of unbranched alkanes of at least 4 members (excludes halogenated alkanes) is 1. The summed E-state index contributed by atoms with van der Waals surface area (Å²) in [6.07, 6.45) is 2.31. The molecule has 1 N–H and O–H groups in total. The van der Waals surface area contributed by atoms with Crippen molar-refractivity contribution in [2.75, 3.05) is 27.2 Å². The van der Waals surface area contributed by atoms with Gasteiger partial charge in [-0.05, 0) is 57.7 Å². The number of rotatable bonds is 7. The van der Waals surface area contributed by atoms with Gasteiger partial charge in [0.05, 0.1) is 5.02 Å². The largest absolute Gasteiger partial charge is 0.313 e. The van der Waals surface area contributed by atoms with E-state index in [0.29, 0.717) is 6.54 Å². The second kappa shape index (κ2) is 7.64. The Morgan fingerprint density at radius 2 is 2.06 bits per heavy atom. The van der Waals surface area contributed by atoms with Gasteiger partial charge >= 0.3 is 0 Å². The van der Waals surface area contributed by atoms with Crippen LogP contribution >= 0.6 is 11.6 Å². The average Bonchev–Trinajstić information content (AvgIpc) is 2.27. The van der Waals surface area contributed by atoms with Gasteiger partial charge in [-0.25, -0.2) is 4.39 Å². The number of benzene rings is 1. The number of hydrogen-bond acceptors (Lipinski definition) is 2. The van der Waals surface area contributed by atoms with E-state index in [4.69, 9.17) is 11.6 Å². The van der Waals surface area contributed by atoms with Gasteiger partial charge in [-0.2, -0.15) is 0 Å². The molecule has 1 rings (SSSR count). The first kappa shape index (κ1) is 14.4. The summed E-state index contributed by atoms with van der Waals surface area (Å²) >= 11 is 5.61. The van der Waals surface area contributed by atoms with Crippen molar-refractivity contribution in [2.24, 2.45) is 0 Å². The molecule has 0 heterocycles. The van der Waals surface area contributed by atoms with Gasteiger partial charge in [-0.15, -0.1) is 0 Å². The summed E-state index contributed by atoms with van der Waals surface area (Å²) < 4.78 is 13.1. The summed E-state index contributed by atoms with van der Waals surface area (Å²) in [6.45, 7) is 2.76. The quantitative estimate of drug-likeness (QED) is 0.757. The molecule has 0 saturated carbocycles. The molecular weight excluding hydrogens is 239 g/mol. The molecule has 0 saturated heterocycles. The standard InChI is InChI=1S/C13H20ClFN2/c1-17(2)8-4-3-7-16-10-11-5-6-12(14)13(15)9-11/h5-6,9,16H,3-4,7-8,10H2,1-2H3. The van der Waals surface area contributed by atoms with Gasteiger partial charge in [-0.3, -0.25) is 0 Å². The Bertz CT molecular complexity index is 342. The molecule has 0 aliphatic heterocycles. The lowest BCUT2D eigenvalue weighted by atomic mass is 10.2. The minimum atomic E-state index is -0.349. The maximum atomic E-state index is 13.1. The Kier molecular flexibility index (Phi) is 6.48. The second-order valence-electron chi connectivity index (χ2n) is 4.44. The zero-order valence-electron chi connectivity index (χ0n) is 10.5. The van der Waals surface area contributed by atoms with E-state index in [1.165, 1.54) is 12.5 Å². The normalized spacial score (nSPS) is 11.1. The van der Waals surface area contributed by atoms with Crippen LogP contribution in [-0.2, 0) is 6.54 Å². The fourth-order valence-electron chi connectivity index (χ4n) is 1.56. The molecule has 1 aromatic rings. The van der Waals surface area contributed by atoms with E-state index >= 15 is 0 Å². The van der Waals surface area contributed by atoms with Crippen LogP contribution in [0.5, 0.6) is 0 Å². The van der Waals surface area contributed by atoms with Gasteiger partial charge in [0.2, 0.25) is 0 Å². The molecule has 1 aromatic carbocycles. The minimum absolute atomic E-state index is 0.180. The molecule has 17 heavy (non-hydrogen) atoms. The van der Waals surface area contributed by atoms with Crippen LogP contribution in [0.15, 0.2) is 18.2 Å². The Balaban J connectivity index is 2.16. The highest BCUT2D eigenvalue weighted by Gasteiger charge is 2.00. The Labute approximate surface area is 108 Å². The summed E-state index contributed by atoms with van der Waals surface area (Å²) in [4.78, 5) is 2.18. The predicted octanol–water partition coefficient (Wildman–Crippen LogP) is 2.91. The maximum Gasteiger partial charge on any atom is 0.142 e. The van der Waals surface area contributed by atoms with E-state index in [0.717, 1.165) is 25.1 Å². The van der Waals surface area contributed by atoms with Gasteiger partial charge in [-0.1, -0.05) is 17.7 Å². The van der Waals surface area contributed by atoms with Gasteiger partial charge in [0.25, 0.3) is 0 Å². The van der Waals surface area contributed by atoms with E-state index in [1.807, 2.05) is 6.07 Å².